The number of likely N-dealkylation sites (N-methyl/N-ethyl adjacent to an activating group) is 1. The summed E-state index contributed by atoms with van der Waals surface area (Å²) in [6.45, 7) is 6.22. The summed E-state index contributed by atoms with van der Waals surface area (Å²) >= 11 is 0. The summed E-state index contributed by atoms with van der Waals surface area (Å²) in [5.74, 6) is 1.08. The Kier molecular flexibility index (Phi) is 6.68. The number of hydrogen-bond acceptors (Lipinski definition) is 4. The van der Waals surface area contributed by atoms with Crippen molar-refractivity contribution in [2.75, 3.05) is 45.7 Å². The highest BCUT2D eigenvalue weighted by molar-refractivity contribution is 5.39. The molecule has 0 spiro atoms. The minimum Gasteiger partial charge on any atom is -0.355 e. The Balaban J connectivity index is 2.65. The van der Waals surface area contributed by atoms with E-state index in [4.69, 9.17) is 0 Å². The molecular formula is C14H26N4. The van der Waals surface area contributed by atoms with Gasteiger partial charge < -0.3 is 15.1 Å². The molecule has 0 atom stereocenters. The van der Waals surface area contributed by atoms with Crippen LogP contribution in [0.1, 0.15) is 18.9 Å². The zero-order chi connectivity index (χ0) is 13.4. The molecular weight excluding hydrogens is 224 g/mol. The van der Waals surface area contributed by atoms with Crippen LogP contribution < -0.4 is 10.2 Å². The van der Waals surface area contributed by atoms with Crippen molar-refractivity contribution in [2.45, 2.75) is 19.9 Å². The van der Waals surface area contributed by atoms with E-state index >= 15 is 0 Å². The van der Waals surface area contributed by atoms with Crippen molar-refractivity contribution in [3.05, 3.63) is 23.9 Å². The maximum Gasteiger partial charge on any atom is 0.128 e. The number of hydrogen-bond donors (Lipinski definition) is 1. The Labute approximate surface area is 111 Å². The van der Waals surface area contributed by atoms with Crippen LogP contribution in [-0.4, -0.2) is 50.7 Å². The number of pyridine rings is 1. The summed E-state index contributed by atoms with van der Waals surface area (Å²) in [4.78, 5) is 9.12. The van der Waals surface area contributed by atoms with Crippen molar-refractivity contribution in [1.82, 2.24) is 15.2 Å². The summed E-state index contributed by atoms with van der Waals surface area (Å²) in [6, 6.07) is 4.27. The zero-order valence-corrected chi connectivity index (χ0v) is 12.1. The second-order valence-corrected chi connectivity index (χ2v) is 4.85. The monoisotopic (exact) mass is 250 g/mol. The number of aromatic nitrogens is 1. The summed E-state index contributed by atoms with van der Waals surface area (Å²) in [7, 11) is 6.16. The van der Waals surface area contributed by atoms with Gasteiger partial charge in [-0.2, -0.15) is 0 Å². The maximum atomic E-state index is 4.56. The van der Waals surface area contributed by atoms with E-state index < -0.39 is 0 Å². The van der Waals surface area contributed by atoms with Crippen LogP contribution in [0.15, 0.2) is 18.3 Å². The third kappa shape index (κ3) is 5.02. The van der Waals surface area contributed by atoms with Gasteiger partial charge in [0.2, 0.25) is 0 Å². The normalized spacial score (nSPS) is 10.9. The fourth-order valence-electron chi connectivity index (χ4n) is 1.84. The first kappa shape index (κ1) is 14.9. The van der Waals surface area contributed by atoms with E-state index in [-0.39, 0.29) is 0 Å². The molecule has 0 bridgehead atoms. The van der Waals surface area contributed by atoms with Crippen molar-refractivity contribution in [2.24, 2.45) is 0 Å². The van der Waals surface area contributed by atoms with Gasteiger partial charge >= 0.3 is 0 Å². The van der Waals surface area contributed by atoms with Gasteiger partial charge in [0.15, 0.2) is 0 Å². The molecule has 4 heteroatoms. The van der Waals surface area contributed by atoms with Gasteiger partial charge in [0.1, 0.15) is 5.82 Å². The van der Waals surface area contributed by atoms with Crippen LogP contribution in [-0.2, 0) is 6.54 Å². The molecule has 0 amide bonds. The Hall–Kier alpha value is -1.13. The van der Waals surface area contributed by atoms with Crippen LogP contribution in [0, 0.1) is 0 Å². The topological polar surface area (TPSA) is 31.4 Å². The highest BCUT2D eigenvalue weighted by Gasteiger charge is 2.07. The van der Waals surface area contributed by atoms with Crippen LogP contribution in [0.4, 0.5) is 5.82 Å². The molecule has 0 aliphatic heterocycles. The van der Waals surface area contributed by atoms with E-state index in [0.717, 1.165) is 38.4 Å². The Morgan fingerprint density at radius 1 is 1.17 bits per heavy atom. The van der Waals surface area contributed by atoms with Gasteiger partial charge in [0.25, 0.3) is 0 Å². The van der Waals surface area contributed by atoms with Gasteiger partial charge in [-0.3, -0.25) is 0 Å². The van der Waals surface area contributed by atoms with E-state index in [0.29, 0.717) is 0 Å². The SMILES string of the molecule is CCCN(CCN(C)C)c1ccc(CNC)cn1. The molecule has 4 nitrogen and oxygen atoms in total. The van der Waals surface area contributed by atoms with Crippen LogP contribution >= 0.6 is 0 Å². The third-order valence-corrected chi connectivity index (χ3v) is 2.82. The van der Waals surface area contributed by atoms with Gasteiger partial charge in [0, 0.05) is 32.4 Å². The van der Waals surface area contributed by atoms with Crippen LogP contribution in [0.25, 0.3) is 0 Å². The van der Waals surface area contributed by atoms with Crippen molar-refractivity contribution in [1.29, 1.82) is 0 Å². The molecule has 1 N–H and O–H groups in total. The van der Waals surface area contributed by atoms with E-state index in [2.05, 4.69) is 53.3 Å². The minimum absolute atomic E-state index is 0.874. The largest absolute Gasteiger partial charge is 0.355 e. The second kappa shape index (κ2) is 8.06. The lowest BCUT2D eigenvalue weighted by molar-refractivity contribution is 0.412. The number of nitrogens with one attached hydrogen (secondary N) is 1. The molecule has 1 aromatic rings. The molecule has 0 fully saturated rings. The summed E-state index contributed by atoms with van der Waals surface area (Å²) in [5, 5.41) is 3.14. The molecule has 0 aliphatic carbocycles. The molecule has 18 heavy (non-hydrogen) atoms. The van der Waals surface area contributed by atoms with E-state index in [1.54, 1.807) is 0 Å². The van der Waals surface area contributed by atoms with Crippen molar-refractivity contribution in [3.8, 4) is 0 Å². The first-order valence-corrected chi connectivity index (χ1v) is 6.66. The quantitative estimate of drug-likeness (QED) is 0.759. The Morgan fingerprint density at radius 3 is 2.44 bits per heavy atom. The van der Waals surface area contributed by atoms with Crippen molar-refractivity contribution < 1.29 is 0 Å². The fraction of sp³-hybridized carbons (Fsp3) is 0.643. The van der Waals surface area contributed by atoms with Crippen molar-refractivity contribution in [3.63, 3.8) is 0 Å². The van der Waals surface area contributed by atoms with Gasteiger partial charge in [-0.05, 0) is 39.2 Å². The molecule has 0 radical (unpaired) electrons. The molecule has 102 valence electrons. The average Bonchev–Trinajstić information content (AvgIpc) is 2.36. The first-order chi connectivity index (χ1) is 8.67. The molecule has 0 aliphatic rings. The van der Waals surface area contributed by atoms with Crippen molar-refractivity contribution >= 4 is 5.82 Å². The van der Waals surface area contributed by atoms with Gasteiger partial charge in [-0.1, -0.05) is 13.0 Å². The molecule has 0 saturated carbocycles. The highest BCUT2D eigenvalue weighted by atomic mass is 15.2. The smallest absolute Gasteiger partial charge is 0.128 e. The van der Waals surface area contributed by atoms with Gasteiger partial charge in [0.05, 0.1) is 0 Å². The molecule has 1 rings (SSSR count). The number of rotatable bonds is 8. The molecule has 0 saturated heterocycles. The van der Waals surface area contributed by atoms with Gasteiger partial charge in [-0.15, -0.1) is 0 Å². The van der Waals surface area contributed by atoms with E-state index in [1.807, 2.05) is 13.2 Å². The Morgan fingerprint density at radius 2 is 1.94 bits per heavy atom. The number of anilines is 1. The van der Waals surface area contributed by atoms with E-state index in [1.165, 1.54) is 5.56 Å². The average molecular weight is 250 g/mol. The second-order valence-electron chi connectivity index (χ2n) is 4.85. The van der Waals surface area contributed by atoms with E-state index in [9.17, 15) is 0 Å². The van der Waals surface area contributed by atoms with Crippen LogP contribution in [0.5, 0.6) is 0 Å². The third-order valence-electron chi connectivity index (χ3n) is 2.82. The predicted molar refractivity (Wildman–Crippen MR) is 78.1 cm³/mol. The molecule has 1 aromatic heterocycles. The Bertz CT molecular complexity index is 321. The summed E-state index contributed by atoms with van der Waals surface area (Å²) in [5.41, 5.74) is 1.23. The standard InChI is InChI=1S/C14H26N4/c1-5-8-18(10-9-17(3)4)14-7-6-13(11-15-2)12-16-14/h6-7,12,15H,5,8-11H2,1-4H3. The van der Waals surface area contributed by atoms with Crippen LogP contribution in [0.2, 0.25) is 0 Å². The highest BCUT2D eigenvalue weighted by Crippen LogP contribution is 2.11. The lowest BCUT2D eigenvalue weighted by Gasteiger charge is -2.25. The molecule has 1 heterocycles. The lowest BCUT2D eigenvalue weighted by Crippen LogP contribution is -2.32. The summed E-state index contributed by atoms with van der Waals surface area (Å²) < 4.78 is 0. The van der Waals surface area contributed by atoms with Gasteiger partial charge in [-0.25, -0.2) is 4.98 Å². The predicted octanol–water partition coefficient (Wildman–Crippen LogP) is 1.58. The molecule has 0 unspecified atom stereocenters. The molecule has 0 aromatic carbocycles. The first-order valence-electron chi connectivity index (χ1n) is 6.66. The maximum absolute atomic E-state index is 4.56. The summed E-state index contributed by atoms with van der Waals surface area (Å²) in [6.07, 6.45) is 3.11. The lowest BCUT2D eigenvalue weighted by atomic mass is 10.2. The minimum atomic E-state index is 0.874. The van der Waals surface area contributed by atoms with Crippen LogP contribution in [0.3, 0.4) is 0 Å². The zero-order valence-electron chi connectivity index (χ0n) is 12.1. The fourth-order valence-corrected chi connectivity index (χ4v) is 1.84. The number of nitrogens with zero attached hydrogens (tertiary/aromatic N) is 3.